The Labute approximate surface area is 109 Å². The van der Waals surface area contributed by atoms with Gasteiger partial charge in [0, 0.05) is 26.7 Å². The number of rotatable bonds is 7. The second-order valence-corrected chi connectivity index (χ2v) is 5.29. The van der Waals surface area contributed by atoms with Crippen LogP contribution < -0.4 is 5.32 Å². The minimum Gasteiger partial charge on any atom is -0.468 e. The monoisotopic (exact) mass is 259 g/mol. The van der Waals surface area contributed by atoms with Crippen LogP contribution in [0.25, 0.3) is 0 Å². The highest BCUT2D eigenvalue weighted by molar-refractivity contribution is 5.75. The van der Waals surface area contributed by atoms with Crippen LogP contribution >= 0.6 is 0 Å². The van der Waals surface area contributed by atoms with Gasteiger partial charge in [-0.3, -0.25) is 4.79 Å². The van der Waals surface area contributed by atoms with Crippen LogP contribution in [0.3, 0.4) is 0 Å². The van der Waals surface area contributed by atoms with E-state index in [1.54, 1.807) is 7.11 Å². The summed E-state index contributed by atoms with van der Waals surface area (Å²) in [4.78, 5) is 11.7. The SMILES string of the molecule is COC(=O)C(CC(C)(C)OC)NCC1CCCO1. The van der Waals surface area contributed by atoms with E-state index in [0.717, 1.165) is 19.4 Å². The quantitative estimate of drug-likeness (QED) is 0.694. The lowest BCUT2D eigenvalue weighted by molar-refractivity contribution is -0.145. The molecule has 0 aliphatic carbocycles. The summed E-state index contributed by atoms with van der Waals surface area (Å²) in [7, 11) is 3.05. The van der Waals surface area contributed by atoms with Crippen molar-refractivity contribution in [3.63, 3.8) is 0 Å². The van der Waals surface area contributed by atoms with Gasteiger partial charge in [0.1, 0.15) is 6.04 Å². The fourth-order valence-electron chi connectivity index (χ4n) is 2.04. The molecule has 5 nitrogen and oxygen atoms in total. The average Bonchev–Trinajstić information content (AvgIpc) is 2.86. The first-order valence-corrected chi connectivity index (χ1v) is 6.46. The van der Waals surface area contributed by atoms with Gasteiger partial charge < -0.3 is 19.5 Å². The molecule has 18 heavy (non-hydrogen) atoms. The van der Waals surface area contributed by atoms with Crippen molar-refractivity contribution in [1.29, 1.82) is 0 Å². The Bertz CT molecular complexity index is 262. The molecule has 1 heterocycles. The summed E-state index contributed by atoms with van der Waals surface area (Å²) in [5.41, 5.74) is -0.359. The molecular formula is C13H25NO4. The lowest BCUT2D eigenvalue weighted by Crippen LogP contribution is -2.46. The van der Waals surface area contributed by atoms with Gasteiger partial charge in [0.25, 0.3) is 0 Å². The highest BCUT2D eigenvalue weighted by Gasteiger charge is 2.29. The van der Waals surface area contributed by atoms with E-state index in [4.69, 9.17) is 14.2 Å². The van der Waals surface area contributed by atoms with Gasteiger partial charge in [-0.2, -0.15) is 0 Å². The van der Waals surface area contributed by atoms with Gasteiger partial charge >= 0.3 is 5.97 Å². The summed E-state index contributed by atoms with van der Waals surface area (Å²) < 4.78 is 15.7. The standard InChI is InChI=1S/C13H25NO4/c1-13(2,17-4)8-11(12(15)16-3)14-9-10-6-5-7-18-10/h10-11,14H,5-9H2,1-4H3. The number of esters is 1. The molecule has 1 N–H and O–H groups in total. The Morgan fingerprint density at radius 1 is 1.50 bits per heavy atom. The fraction of sp³-hybridized carbons (Fsp3) is 0.923. The fourth-order valence-corrected chi connectivity index (χ4v) is 2.04. The second-order valence-electron chi connectivity index (χ2n) is 5.29. The Morgan fingerprint density at radius 2 is 2.22 bits per heavy atom. The maximum absolute atomic E-state index is 11.7. The lowest BCUT2D eigenvalue weighted by Gasteiger charge is -2.28. The Hall–Kier alpha value is -0.650. The van der Waals surface area contributed by atoms with E-state index < -0.39 is 0 Å². The molecule has 1 fully saturated rings. The second kappa shape index (κ2) is 7.07. The Morgan fingerprint density at radius 3 is 2.72 bits per heavy atom. The number of methoxy groups -OCH3 is 2. The van der Waals surface area contributed by atoms with Crippen molar-refractivity contribution in [2.75, 3.05) is 27.4 Å². The van der Waals surface area contributed by atoms with Gasteiger partial charge in [-0.05, 0) is 26.7 Å². The largest absolute Gasteiger partial charge is 0.468 e. The number of carbonyl (C=O) groups is 1. The molecule has 0 aromatic carbocycles. The first kappa shape index (κ1) is 15.4. The third kappa shape index (κ3) is 4.92. The van der Waals surface area contributed by atoms with E-state index in [1.165, 1.54) is 7.11 Å². The molecule has 0 aromatic rings. The molecule has 0 radical (unpaired) electrons. The van der Waals surface area contributed by atoms with Gasteiger partial charge in [-0.15, -0.1) is 0 Å². The molecule has 0 saturated carbocycles. The first-order chi connectivity index (χ1) is 8.48. The minimum atomic E-state index is -0.359. The third-order valence-electron chi connectivity index (χ3n) is 3.35. The first-order valence-electron chi connectivity index (χ1n) is 6.46. The van der Waals surface area contributed by atoms with Crippen LogP contribution in [0.4, 0.5) is 0 Å². The normalized spacial score (nSPS) is 21.9. The van der Waals surface area contributed by atoms with Crippen LogP contribution in [-0.4, -0.2) is 51.1 Å². The topological polar surface area (TPSA) is 56.8 Å². The summed E-state index contributed by atoms with van der Waals surface area (Å²) in [5.74, 6) is -0.252. The number of hydrogen-bond donors (Lipinski definition) is 1. The van der Waals surface area contributed by atoms with Crippen molar-refractivity contribution in [2.45, 2.75) is 50.9 Å². The predicted octanol–water partition coefficient (Wildman–Crippen LogP) is 1.11. The highest BCUT2D eigenvalue weighted by Crippen LogP contribution is 2.17. The van der Waals surface area contributed by atoms with Crippen molar-refractivity contribution >= 4 is 5.97 Å². The van der Waals surface area contributed by atoms with Crippen molar-refractivity contribution in [3.8, 4) is 0 Å². The summed E-state index contributed by atoms with van der Waals surface area (Å²) in [6, 6.07) is -0.353. The average molecular weight is 259 g/mol. The summed E-state index contributed by atoms with van der Waals surface area (Å²) in [6.45, 7) is 5.41. The van der Waals surface area contributed by atoms with Crippen molar-refractivity contribution < 1.29 is 19.0 Å². The maximum Gasteiger partial charge on any atom is 0.322 e. The van der Waals surface area contributed by atoms with E-state index in [0.29, 0.717) is 13.0 Å². The van der Waals surface area contributed by atoms with Crippen LogP contribution in [0.1, 0.15) is 33.1 Å². The van der Waals surface area contributed by atoms with Gasteiger partial charge in [0.15, 0.2) is 0 Å². The van der Waals surface area contributed by atoms with Crippen molar-refractivity contribution in [2.24, 2.45) is 0 Å². The van der Waals surface area contributed by atoms with E-state index >= 15 is 0 Å². The van der Waals surface area contributed by atoms with Crippen LogP contribution in [0, 0.1) is 0 Å². The molecule has 0 aromatic heterocycles. The third-order valence-corrected chi connectivity index (χ3v) is 3.35. The molecule has 1 saturated heterocycles. The number of nitrogens with one attached hydrogen (secondary N) is 1. The van der Waals surface area contributed by atoms with Crippen molar-refractivity contribution in [1.82, 2.24) is 5.32 Å². The summed E-state index contributed by atoms with van der Waals surface area (Å²) in [6.07, 6.45) is 2.93. The molecule has 2 atom stereocenters. The molecule has 0 amide bonds. The minimum absolute atomic E-state index is 0.211. The maximum atomic E-state index is 11.7. The molecular weight excluding hydrogens is 234 g/mol. The summed E-state index contributed by atoms with van der Waals surface area (Å²) >= 11 is 0. The van der Waals surface area contributed by atoms with E-state index in [1.807, 2.05) is 13.8 Å². The van der Waals surface area contributed by atoms with Gasteiger partial charge in [0.2, 0.25) is 0 Å². The highest BCUT2D eigenvalue weighted by atomic mass is 16.5. The zero-order valence-corrected chi connectivity index (χ0v) is 11.8. The predicted molar refractivity (Wildman–Crippen MR) is 68.5 cm³/mol. The van der Waals surface area contributed by atoms with Crippen LogP contribution in [0.2, 0.25) is 0 Å². The van der Waals surface area contributed by atoms with E-state index in [2.05, 4.69) is 5.32 Å². The van der Waals surface area contributed by atoms with E-state index in [-0.39, 0.29) is 23.7 Å². The van der Waals surface area contributed by atoms with Gasteiger partial charge in [-0.1, -0.05) is 0 Å². The van der Waals surface area contributed by atoms with Crippen molar-refractivity contribution in [3.05, 3.63) is 0 Å². The summed E-state index contributed by atoms with van der Waals surface area (Å²) in [5, 5.41) is 3.22. The molecule has 1 aliphatic heterocycles. The van der Waals surface area contributed by atoms with Crippen LogP contribution in [0.15, 0.2) is 0 Å². The van der Waals surface area contributed by atoms with Crippen LogP contribution in [-0.2, 0) is 19.0 Å². The Balaban J connectivity index is 2.47. The molecule has 0 bridgehead atoms. The molecule has 1 rings (SSSR count). The molecule has 0 spiro atoms. The zero-order valence-electron chi connectivity index (χ0n) is 11.8. The lowest BCUT2D eigenvalue weighted by atomic mass is 9.98. The molecule has 5 heteroatoms. The number of carbonyl (C=O) groups excluding carboxylic acids is 1. The smallest absolute Gasteiger partial charge is 0.322 e. The van der Waals surface area contributed by atoms with Gasteiger partial charge in [-0.25, -0.2) is 0 Å². The number of ether oxygens (including phenoxy) is 3. The molecule has 1 aliphatic rings. The van der Waals surface area contributed by atoms with Crippen LogP contribution in [0.5, 0.6) is 0 Å². The molecule has 106 valence electrons. The number of hydrogen-bond acceptors (Lipinski definition) is 5. The van der Waals surface area contributed by atoms with Gasteiger partial charge in [0.05, 0.1) is 18.8 Å². The Kier molecular flexibility index (Phi) is 6.05. The zero-order chi connectivity index (χ0) is 13.6. The van der Waals surface area contributed by atoms with E-state index in [9.17, 15) is 4.79 Å². The molecule has 2 unspecified atom stereocenters.